The molecule has 178 valence electrons. The van der Waals surface area contributed by atoms with Gasteiger partial charge < -0.3 is 19.6 Å². The van der Waals surface area contributed by atoms with Crippen LogP contribution in [0.3, 0.4) is 0 Å². The number of carbonyl (C=O) groups is 1. The first kappa shape index (κ1) is 23.3. The molecule has 34 heavy (non-hydrogen) atoms. The Morgan fingerprint density at radius 1 is 1.15 bits per heavy atom. The Hall–Kier alpha value is -3.88. The average molecular weight is 466 g/mol. The second-order valence-electron chi connectivity index (χ2n) is 8.15. The summed E-state index contributed by atoms with van der Waals surface area (Å²) in [4.78, 5) is 15.2. The van der Waals surface area contributed by atoms with Crippen molar-refractivity contribution in [3.63, 3.8) is 0 Å². The summed E-state index contributed by atoms with van der Waals surface area (Å²) in [6, 6.07) is 8.71. The lowest BCUT2D eigenvalue weighted by atomic mass is 10.1. The second-order valence-corrected chi connectivity index (χ2v) is 8.15. The van der Waals surface area contributed by atoms with E-state index in [1.54, 1.807) is 12.3 Å². The van der Waals surface area contributed by atoms with Gasteiger partial charge in [-0.25, -0.2) is 14.2 Å². The SMILES string of the molecule is Cc1nn(C)c(C)c1CCOc1c(F)cccc1-c1ccc2ncc(CCCOC(N)=O)n2c1. The van der Waals surface area contributed by atoms with Crippen LogP contribution in [0, 0.1) is 19.7 Å². The van der Waals surface area contributed by atoms with Crippen molar-refractivity contribution in [2.24, 2.45) is 12.8 Å². The molecule has 2 N–H and O–H groups in total. The molecule has 0 saturated heterocycles. The molecular weight excluding hydrogens is 437 g/mol. The summed E-state index contributed by atoms with van der Waals surface area (Å²) in [6.07, 6.45) is 4.82. The van der Waals surface area contributed by atoms with Crippen molar-refractivity contribution in [1.82, 2.24) is 19.2 Å². The summed E-state index contributed by atoms with van der Waals surface area (Å²) in [5.41, 5.74) is 11.4. The molecule has 0 radical (unpaired) electrons. The standard InChI is InChI=1S/C25H28FN5O3/c1-16-20(17(2)30(3)29-16)11-13-33-24-21(7-4-8-22(24)26)18-9-10-23-28-14-19(31(23)15-18)6-5-12-34-25(27)32/h4,7-10,14-15H,5-6,11-13H2,1-3H3,(H2,27,32). The smallest absolute Gasteiger partial charge is 0.404 e. The maximum atomic E-state index is 14.8. The molecule has 8 nitrogen and oxygen atoms in total. The molecule has 0 saturated carbocycles. The minimum Gasteiger partial charge on any atom is -0.490 e. The van der Waals surface area contributed by atoms with E-state index in [0.717, 1.165) is 33.9 Å². The van der Waals surface area contributed by atoms with Gasteiger partial charge in [-0.2, -0.15) is 5.10 Å². The molecule has 0 aliphatic carbocycles. The minimum absolute atomic E-state index is 0.220. The van der Waals surface area contributed by atoms with Crippen LogP contribution >= 0.6 is 0 Å². The van der Waals surface area contributed by atoms with Gasteiger partial charge in [0.05, 0.1) is 18.9 Å². The lowest BCUT2D eigenvalue weighted by Crippen LogP contribution is -2.14. The summed E-state index contributed by atoms with van der Waals surface area (Å²) in [5, 5.41) is 4.43. The van der Waals surface area contributed by atoms with Crippen LogP contribution in [0.15, 0.2) is 42.7 Å². The van der Waals surface area contributed by atoms with Crippen molar-refractivity contribution in [2.45, 2.75) is 33.1 Å². The number of nitrogens with zero attached hydrogens (tertiary/aromatic N) is 4. The van der Waals surface area contributed by atoms with Crippen LogP contribution in [0.5, 0.6) is 5.75 Å². The number of imidazole rings is 1. The number of aromatic nitrogens is 4. The van der Waals surface area contributed by atoms with Crippen LogP contribution in [0.1, 0.15) is 29.1 Å². The third-order valence-electron chi connectivity index (χ3n) is 5.94. The molecule has 0 aliphatic heterocycles. The van der Waals surface area contributed by atoms with E-state index in [9.17, 15) is 9.18 Å². The van der Waals surface area contributed by atoms with Crippen LogP contribution in [0.4, 0.5) is 9.18 Å². The molecule has 0 unspecified atom stereocenters. The van der Waals surface area contributed by atoms with Crippen LogP contribution < -0.4 is 10.5 Å². The highest BCUT2D eigenvalue weighted by Gasteiger charge is 2.15. The predicted molar refractivity (Wildman–Crippen MR) is 126 cm³/mol. The van der Waals surface area contributed by atoms with E-state index in [1.165, 1.54) is 6.07 Å². The second kappa shape index (κ2) is 9.94. The number of para-hydroxylation sites is 1. The summed E-state index contributed by atoms with van der Waals surface area (Å²) < 4.78 is 29.4. The summed E-state index contributed by atoms with van der Waals surface area (Å²) in [5.74, 6) is -0.191. The van der Waals surface area contributed by atoms with Crippen molar-refractivity contribution in [3.8, 4) is 16.9 Å². The predicted octanol–water partition coefficient (Wildman–Crippen LogP) is 4.14. The van der Waals surface area contributed by atoms with Crippen LogP contribution in [-0.4, -0.2) is 38.5 Å². The van der Waals surface area contributed by atoms with Gasteiger partial charge in [-0.05, 0) is 50.5 Å². The monoisotopic (exact) mass is 465 g/mol. The lowest BCUT2D eigenvalue weighted by molar-refractivity contribution is 0.155. The summed E-state index contributed by atoms with van der Waals surface area (Å²) in [7, 11) is 1.91. The normalized spacial score (nSPS) is 11.2. The fourth-order valence-electron chi connectivity index (χ4n) is 4.12. The number of ether oxygens (including phenoxy) is 2. The molecule has 4 aromatic rings. The topological polar surface area (TPSA) is 96.7 Å². The van der Waals surface area contributed by atoms with E-state index in [4.69, 9.17) is 15.2 Å². The number of primary amides is 1. The fourth-order valence-corrected chi connectivity index (χ4v) is 4.12. The first-order valence-electron chi connectivity index (χ1n) is 11.1. The average Bonchev–Trinajstić information content (AvgIpc) is 3.32. The molecule has 0 spiro atoms. The Kier molecular flexibility index (Phi) is 6.81. The Morgan fingerprint density at radius 3 is 2.71 bits per heavy atom. The third-order valence-corrected chi connectivity index (χ3v) is 5.94. The molecular formula is C25H28FN5O3. The number of hydrogen-bond acceptors (Lipinski definition) is 5. The van der Waals surface area contributed by atoms with Crippen molar-refractivity contribution >= 4 is 11.7 Å². The zero-order valence-electron chi connectivity index (χ0n) is 19.5. The number of pyridine rings is 1. The zero-order valence-corrected chi connectivity index (χ0v) is 19.5. The highest BCUT2D eigenvalue weighted by Crippen LogP contribution is 2.33. The maximum Gasteiger partial charge on any atom is 0.404 e. The third kappa shape index (κ3) is 4.88. The van der Waals surface area contributed by atoms with Gasteiger partial charge in [0, 0.05) is 48.4 Å². The van der Waals surface area contributed by atoms with Crippen molar-refractivity contribution in [1.29, 1.82) is 0 Å². The van der Waals surface area contributed by atoms with Crippen molar-refractivity contribution in [2.75, 3.05) is 13.2 Å². The number of rotatable bonds is 9. The van der Waals surface area contributed by atoms with Crippen molar-refractivity contribution < 1.29 is 18.7 Å². The highest BCUT2D eigenvalue weighted by atomic mass is 19.1. The molecule has 0 fully saturated rings. The molecule has 1 aromatic carbocycles. The number of fused-ring (bicyclic) bond motifs is 1. The number of benzene rings is 1. The number of amides is 1. The zero-order chi connectivity index (χ0) is 24.2. The number of hydrogen-bond donors (Lipinski definition) is 1. The minimum atomic E-state index is -0.784. The Labute approximate surface area is 197 Å². The Balaban J connectivity index is 1.55. The molecule has 4 rings (SSSR count). The number of halogens is 1. The first-order valence-corrected chi connectivity index (χ1v) is 11.1. The van der Waals surface area contributed by atoms with Gasteiger partial charge in [0.15, 0.2) is 11.6 Å². The molecule has 0 atom stereocenters. The van der Waals surface area contributed by atoms with Gasteiger partial charge >= 0.3 is 6.09 Å². The molecule has 9 heteroatoms. The number of nitrogens with two attached hydrogens (primary N) is 1. The van der Waals surface area contributed by atoms with Gasteiger partial charge in [-0.3, -0.25) is 4.68 Å². The molecule has 0 bridgehead atoms. The Bertz CT molecular complexity index is 1330. The molecule has 1 amide bonds. The lowest BCUT2D eigenvalue weighted by Gasteiger charge is -2.14. The van der Waals surface area contributed by atoms with Gasteiger partial charge in [0.25, 0.3) is 0 Å². The Morgan fingerprint density at radius 2 is 1.97 bits per heavy atom. The van der Waals surface area contributed by atoms with Gasteiger partial charge in [0.1, 0.15) is 5.65 Å². The summed E-state index contributed by atoms with van der Waals surface area (Å²) >= 11 is 0. The molecule has 3 heterocycles. The fraction of sp³-hybridized carbons (Fsp3) is 0.320. The van der Waals surface area contributed by atoms with E-state index in [0.29, 0.717) is 31.4 Å². The molecule has 3 aromatic heterocycles. The van der Waals surface area contributed by atoms with Crippen LogP contribution in [-0.2, 0) is 24.6 Å². The largest absolute Gasteiger partial charge is 0.490 e. The highest BCUT2D eigenvalue weighted by molar-refractivity contribution is 5.71. The van der Waals surface area contributed by atoms with Gasteiger partial charge in [0.2, 0.25) is 0 Å². The van der Waals surface area contributed by atoms with E-state index < -0.39 is 11.9 Å². The first-order chi connectivity index (χ1) is 16.3. The van der Waals surface area contributed by atoms with Crippen LogP contribution in [0.25, 0.3) is 16.8 Å². The van der Waals surface area contributed by atoms with E-state index in [2.05, 4.69) is 10.1 Å². The number of aryl methyl sites for hydroxylation is 3. The van der Waals surface area contributed by atoms with Crippen molar-refractivity contribution in [3.05, 3.63) is 71.2 Å². The van der Waals surface area contributed by atoms with E-state index in [1.807, 2.05) is 54.4 Å². The van der Waals surface area contributed by atoms with Gasteiger partial charge in [-0.1, -0.05) is 12.1 Å². The van der Waals surface area contributed by atoms with E-state index >= 15 is 0 Å². The summed E-state index contributed by atoms with van der Waals surface area (Å²) in [6.45, 7) is 4.55. The van der Waals surface area contributed by atoms with Gasteiger partial charge in [-0.15, -0.1) is 0 Å². The maximum absolute atomic E-state index is 14.8. The van der Waals surface area contributed by atoms with E-state index in [-0.39, 0.29) is 12.4 Å². The quantitative estimate of drug-likeness (QED) is 0.375. The molecule has 0 aliphatic rings. The van der Waals surface area contributed by atoms with Crippen LogP contribution in [0.2, 0.25) is 0 Å². The number of carbonyl (C=O) groups excluding carboxylic acids is 1.